The lowest BCUT2D eigenvalue weighted by Crippen LogP contribution is -2.58. The Bertz CT molecular complexity index is 637. The summed E-state index contributed by atoms with van der Waals surface area (Å²) in [5.41, 5.74) is 0.352. The van der Waals surface area contributed by atoms with E-state index in [1.54, 1.807) is 0 Å². The monoisotopic (exact) mass is 408 g/mol. The van der Waals surface area contributed by atoms with Crippen molar-refractivity contribution in [1.29, 1.82) is 0 Å². The van der Waals surface area contributed by atoms with Crippen LogP contribution in [0.15, 0.2) is 0 Å². The minimum atomic E-state index is -1.28. The van der Waals surface area contributed by atoms with Gasteiger partial charge in [0.15, 0.2) is 6.10 Å². The fraction of sp³-hybridized carbons (Fsp3) is 0.958. The van der Waals surface area contributed by atoms with Gasteiger partial charge in [-0.1, -0.05) is 20.8 Å². The zero-order valence-electron chi connectivity index (χ0n) is 18.3. The summed E-state index contributed by atoms with van der Waals surface area (Å²) >= 11 is 0. The van der Waals surface area contributed by atoms with E-state index in [1.165, 1.54) is 0 Å². The Morgan fingerprint density at radius 1 is 1.00 bits per heavy atom. The van der Waals surface area contributed by atoms with Crippen molar-refractivity contribution < 1.29 is 25.2 Å². The molecule has 0 amide bonds. The number of hydrogen-bond donors (Lipinski definition) is 4. The van der Waals surface area contributed by atoms with Gasteiger partial charge in [-0.15, -0.1) is 0 Å². The van der Waals surface area contributed by atoms with Gasteiger partial charge in [0, 0.05) is 0 Å². The lowest BCUT2D eigenvalue weighted by Gasteiger charge is -2.62. The van der Waals surface area contributed by atoms with Gasteiger partial charge in [0.1, 0.15) is 0 Å². The minimum absolute atomic E-state index is 0.122. The molecule has 5 nitrogen and oxygen atoms in total. The van der Waals surface area contributed by atoms with Gasteiger partial charge in [-0.3, -0.25) is 0 Å². The molecule has 0 saturated heterocycles. The highest BCUT2D eigenvalue weighted by atomic mass is 16.4. The van der Waals surface area contributed by atoms with Gasteiger partial charge in [-0.05, 0) is 104 Å². The SMILES string of the molecule is C[C@H](CC(O)C(=O)O)[C@H]1CC[C@H]2[C@@H]3[C@@H](O)CC4C[C@@H](O)CC[C@]4(C)[C@H]3CC[C@]12C. The van der Waals surface area contributed by atoms with E-state index in [0.717, 1.165) is 51.4 Å². The zero-order valence-corrected chi connectivity index (χ0v) is 18.3. The number of hydrogen-bond acceptors (Lipinski definition) is 4. The maximum absolute atomic E-state index is 11.2. The number of fused-ring (bicyclic) bond motifs is 5. The highest BCUT2D eigenvalue weighted by Gasteiger charge is 2.62. The van der Waals surface area contributed by atoms with Crippen molar-refractivity contribution in [3.8, 4) is 0 Å². The van der Waals surface area contributed by atoms with Crippen LogP contribution in [0.2, 0.25) is 0 Å². The van der Waals surface area contributed by atoms with Crippen molar-refractivity contribution in [2.75, 3.05) is 0 Å². The van der Waals surface area contributed by atoms with Crippen molar-refractivity contribution >= 4 is 5.97 Å². The lowest BCUT2D eigenvalue weighted by atomic mass is 9.43. The summed E-state index contributed by atoms with van der Waals surface area (Å²) in [6.07, 6.45) is 6.60. The van der Waals surface area contributed by atoms with Crippen LogP contribution in [-0.2, 0) is 4.79 Å². The molecule has 0 aliphatic heterocycles. The molecule has 166 valence electrons. The van der Waals surface area contributed by atoms with E-state index in [1.807, 2.05) is 0 Å². The first kappa shape index (κ1) is 21.6. The third-order valence-electron chi connectivity index (χ3n) is 10.3. The maximum atomic E-state index is 11.2. The van der Waals surface area contributed by atoms with Gasteiger partial charge in [0.25, 0.3) is 0 Å². The Hall–Kier alpha value is -0.650. The standard InChI is InChI=1S/C24H40O5/c1-13(10-20(27)22(28)29)16-4-5-17-21-18(7-9-24(16,17)3)23(2)8-6-15(25)11-14(23)12-19(21)26/h13-21,25-27H,4-12H2,1-3H3,(H,28,29)/t13-,14?,15+,16-,17+,18+,19+,20?,21+,23+,24-/m1/s1. The molecule has 2 unspecified atom stereocenters. The van der Waals surface area contributed by atoms with Gasteiger partial charge in [-0.25, -0.2) is 4.79 Å². The quantitative estimate of drug-likeness (QED) is 0.571. The average molecular weight is 409 g/mol. The number of rotatable bonds is 4. The molecule has 0 heterocycles. The molecule has 11 atom stereocenters. The van der Waals surface area contributed by atoms with Crippen LogP contribution in [0, 0.1) is 46.3 Å². The summed E-state index contributed by atoms with van der Waals surface area (Å²) in [6.45, 7) is 6.91. The summed E-state index contributed by atoms with van der Waals surface area (Å²) in [4.78, 5) is 11.1. The summed E-state index contributed by atoms with van der Waals surface area (Å²) < 4.78 is 0. The summed E-state index contributed by atoms with van der Waals surface area (Å²) in [7, 11) is 0. The number of carbonyl (C=O) groups is 1. The lowest BCUT2D eigenvalue weighted by molar-refractivity contribution is -0.174. The van der Waals surface area contributed by atoms with E-state index in [-0.39, 0.29) is 29.0 Å². The second-order valence-corrected chi connectivity index (χ2v) is 11.5. The molecule has 0 aromatic heterocycles. The normalized spacial score (nSPS) is 51.4. The number of aliphatic carboxylic acids is 1. The highest BCUT2D eigenvalue weighted by molar-refractivity contribution is 5.71. The molecule has 4 fully saturated rings. The second-order valence-electron chi connectivity index (χ2n) is 11.5. The van der Waals surface area contributed by atoms with Crippen LogP contribution in [0.1, 0.15) is 78.6 Å². The Kier molecular flexibility index (Phi) is 5.57. The van der Waals surface area contributed by atoms with E-state index in [9.17, 15) is 20.1 Å². The predicted octanol–water partition coefficient (Wildman–Crippen LogP) is 3.45. The number of aliphatic hydroxyl groups excluding tert-OH is 3. The Morgan fingerprint density at radius 3 is 2.34 bits per heavy atom. The molecule has 29 heavy (non-hydrogen) atoms. The van der Waals surface area contributed by atoms with Crippen LogP contribution in [0.5, 0.6) is 0 Å². The van der Waals surface area contributed by atoms with Crippen LogP contribution in [0.25, 0.3) is 0 Å². The first-order valence-corrected chi connectivity index (χ1v) is 11.8. The summed E-state index contributed by atoms with van der Waals surface area (Å²) in [6, 6.07) is 0. The fourth-order valence-corrected chi connectivity index (χ4v) is 8.79. The zero-order chi connectivity index (χ0) is 21.1. The van der Waals surface area contributed by atoms with Gasteiger partial charge in [-0.2, -0.15) is 0 Å². The van der Waals surface area contributed by atoms with Gasteiger partial charge >= 0.3 is 5.97 Å². The molecule has 0 spiro atoms. The minimum Gasteiger partial charge on any atom is -0.479 e. The van der Waals surface area contributed by atoms with Crippen LogP contribution in [0.3, 0.4) is 0 Å². The highest BCUT2D eigenvalue weighted by Crippen LogP contribution is 2.68. The van der Waals surface area contributed by atoms with E-state index >= 15 is 0 Å². The predicted molar refractivity (Wildman–Crippen MR) is 110 cm³/mol. The topological polar surface area (TPSA) is 98.0 Å². The maximum Gasteiger partial charge on any atom is 0.332 e. The van der Waals surface area contributed by atoms with Crippen LogP contribution in [-0.4, -0.2) is 44.7 Å². The largest absolute Gasteiger partial charge is 0.479 e. The molecule has 0 radical (unpaired) electrons. The average Bonchev–Trinajstić information content (AvgIpc) is 3.00. The molecule has 0 aromatic carbocycles. The summed E-state index contributed by atoms with van der Waals surface area (Å²) in [5.74, 6) is 1.22. The van der Waals surface area contributed by atoms with E-state index in [0.29, 0.717) is 36.0 Å². The smallest absolute Gasteiger partial charge is 0.332 e. The Labute approximate surface area is 174 Å². The molecular weight excluding hydrogens is 368 g/mol. The molecular formula is C24H40O5. The number of aliphatic hydroxyl groups is 3. The van der Waals surface area contributed by atoms with Gasteiger partial charge in [0.05, 0.1) is 12.2 Å². The van der Waals surface area contributed by atoms with Crippen molar-refractivity contribution in [3.63, 3.8) is 0 Å². The van der Waals surface area contributed by atoms with Crippen molar-refractivity contribution in [3.05, 3.63) is 0 Å². The van der Waals surface area contributed by atoms with Crippen molar-refractivity contribution in [2.45, 2.75) is 96.9 Å². The van der Waals surface area contributed by atoms with Crippen LogP contribution in [0.4, 0.5) is 0 Å². The Morgan fingerprint density at radius 2 is 1.66 bits per heavy atom. The molecule has 0 bridgehead atoms. The second kappa shape index (κ2) is 7.49. The summed E-state index contributed by atoms with van der Waals surface area (Å²) in [5, 5.41) is 40.5. The molecule has 4 aliphatic carbocycles. The van der Waals surface area contributed by atoms with E-state index < -0.39 is 12.1 Å². The van der Waals surface area contributed by atoms with E-state index in [4.69, 9.17) is 5.11 Å². The van der Waals surface area contributed by atoms with Crippen LogP contribution >= 0.6 is 0 Å². The Balaban J connectivity index is 1.56. The van der Waals surface area contributed by atoms with E-state index in [2.05, 4.69) is 20.8 Å². The number of carboxylic acid groups (broad SMARTS) is 1. The molecule has 4 N–H and O–H groups in total. The van der Waals surface area contributed by atoms with Crippen LogP contribution < -0.4 is 0 Å². The number of carboxylic acids is 1. The molecule has 4 saturated carbocycles. The molecule has 4 rings (SSSR count). The third kappa shape index (κ3) is 3.36. The molecule has 0 aromatic rings. The first-order chi connectivity index (χ1) is 13.6. The fourth-order valence-electron chi connectivity index (χ4n) is 8.79. The van der Waals surface area contributed by atoms with Crippen molar-refractivity contribution in [1.82, 2.24) is 0 Å². The first-order valence-electron chi connectivity index (χ1n) is 11.8. The van der Waals surface area contributed by atoms with Crippen molar-refractivity contribution in [2.24, 2.45) is 46.3 Å². The molecule has 4 aliphatic rings. The third-order valence-corrected chi connectivity index (χ3v) is 10.3. The van der Waals surface area contributed by atoms with Gasteiger partial charge < -0.3 is 20.4 Å². The van der Waals surface area contributed by atoms with Gasteiger partial charge in [0.2, 0.25) is 0 Å². The molecule has 5 heteroatoms.